The van der Waals surface area contributed by atoms with E-state index >= 15 is 0 Å². The van der Waals surface area contributed by atoms with Gasteiger partial charge in [-0.15, -0.1) is 74.4 Å². The van der Waals surface area contributed by atoms with Crippen LogP contribution in [0.5, 0.6) is 0 Å². The van der Waals surface area contributed by atoms with Crippen molar-refractivity contribution < 1.29 is 30.7 Å². The van der Waals surface area contributed by atoms with Gasteiger partial charge < -0.3 is 11.0 Å². The molecule has 0 aliphatic rings. The molecular formula is H11Cl6NaO2Os. The molecule has 0 amide bonds. The summed E-state index contributed by atoms with van der Waals surface area (Å²) in [6, 6.07) is 0. The van der Waals surface area contributed by atoms with E-state index in [0.29, 0.717) is 0 Å². The molecule has 0 aromatic heterocycles. The Hall–Kier alpha value is 3.30. The van der Waals surface area contributed by atoms with Crippen LogP contribution in [0.3, 0.4) is 0 Å². The molecular weight excluding hydrogens is 458 g/mol. The van der Waals surface area contributed by atoms with E-state index in [9.17, 15) is 0 Å². The summed E-state index contributed by atoms with van der Waals surface area (Å²) in [5.41, 5.74) is 0. The van der Waals surface area contributed by atoms with Crippen LogP contribution in [0.4, 0.5) is 0 Å². The van der Waals surface area contributed by atoms with E-state index in [-0.39, 0.29) is 135 Å². The molecule has 0 aromatic rings. The van der Waals surface area contributed by atoms with Gasteiger partial charge in [0, 0.05) is 19.8 Å². The van der Waals surface area contributed by atoms with Gasteiger partial charge in [-0.2, -0.15) is 0 Å². The fourth-order valence-electron chi connectivity index (χ4n) is 0. The van der Waals surface area contributed by atoms with Crippen LogP contribution >= 0.6 is 74.4 Å². The van der Waals surface area contributed by atoms with Gasteiger partial charge in [0.2, 0.25) is 0 Å². The van der Waals surface area contributed by atoms with Crippen molar-refractivity contribution in [3.63, 3.8) is 0 Å². The summed E-state index contributed by atoms with van der Waals surface area (Å²) in [5.74, 6) is 0. The average Bonchev–Trinajstić information content (AvgIpc) is 0. The van der Waals surface area contributed by atoms with E-state index in [1.807, 2.05) is 0 Å². The van der Waals surface area contributed by atoms with Crippen LogP contribution in [0.25, 0.3) is 0 Å². The summed E-state index contributed by atoms with van der Waals surface area (Å²) in [6.45, 7) is 0. The van der Waals surface area contributed by atoms with Gasteiger partial charge in [0.05, 0.1) is 0 Å². The zero-order valence-electron chi connectivity index (χ0n) is 3.80. The van der Waals surface area contributed by atoms with E-state index in [1.165, 1.54) is 0 Å². The first-order valence-electron chi connectivity index (χ1n) is 0. The van der Waals surface area contributed by atoms with Crippen molar-refractivity contribution in [1.82, 2.24) is 0 Å². The quantitative estimate of drug-likeness (QED) is 0.457. The Balaban J connectivity index is 0. The molecule has 0 bridgehead atoms. The third-order valence-electron chi connectivity index (χ3n) is 0. The minimum absolute atomic E-state index is 0. The maximum atomic E-state index is 0. The molecule has 74 valence electrons. The smallest absolute Gasteiger partial charge is 0 e. The molecule has 0 unspecified atom stereocenters. The fraction of sp³-hybridized carbons (Fsp3) is 0. The Labute approximate surface area is 133 Å². The van der Waals surface area contributed by atoms with E-state index in [1.54, 1.807) is 0 Å². The Morgan fingerprint density at radius 2 is 0.400 bits per heavy atom. The Morgan fingerprint density at radius 3 is 0.400 bits per heavy atom. The Bertz CT molecular complexity index is 15.7. The molecule has 10 heavy (non-hydrogen) atoms. The Kier molecular flexibility index (Phi) is 2670. The molecule has 2 nitrogen and oxygen atoms in total. The van der Waals surface area contributed by atoms with Crippen LogP contribution in [0.15, 0.2) is 0 Å². The van der Waals surface area contributed by atoms with Crippen LogP contribution in [0, 0.1) is 0 Å². The zero-order chi connectivity index (χ0) is 0. The molecule has 0 spiro atoms. The van der Waals surface area contributed by atoms with Crippen LogP contribution < -0.4 is 0 Å². The maximum Gasteiger partial charge on any atom is 0 e. The molecule has 0 aromatic carbocycles. The summed E-state index contributed by atoms with van der Waals surface area (Å²) in [6.07, 6.45) is 0. The predicted octanol–water partition coefficient (Wildman–Crippen LogP) is 0.230. The van der Waals surface area contributed by atoms with E-state index < -0.39 is 0 Å². The van der Waals surface area contributed by atoms with Crippen molar-refractivity contribution >= 4 is 104 Å². The van der Waals surface area contributed by atoms with E-state index in [2.05, 4.69) is 0 Å². The van der Waals surface area contributed by atoms with Gasteiger partial charge >= 0.3 is 29.6 Å². The topological polar surface area (TPSA) is 63.0 Å². The molecule has 0 saturated carbocycles. The molecule has 0 aliphatic carbocycles. The molecule has 0 fully saturated rings. The number of rotatable bonds is 0. The maximum absolute atomic E-state index is 0. The van der Waals surface area contributed by atoms with Crippen LogP contribution in [-0.4, -0.2) is 40.5 Å². The largest absolute Gasteiger partial charge is 0 e. The van der Waals surface area contributed by atoms with Crippen molar-refractivity contribution in [1.29, 1.82) is 0 Å². The van der Waals surface area contributed by atoms with Gasteiger partial charge in [0.25, 0.3) is 0 Å². The molecule has 0 heterocycles. The van der Waals surface area contributed by atoms with Crippen molar-refractivity contribution in [2.75, 3.05) is 0 Å². The number of hydrogen-bond donors (Lipinski definition) is 0. The molecule has 10 heteroatoms. The first kappa shape index (κ1) is 185. The minimum Gasteiger partial charge on any atom is 0 e. The normalized spacial score (nSPS) is 0. The van der Waals surface area contributed by atoms with Gasteiger partial charge in [0.15, 0.2) is 0 Å². The van der Waals surface area contributed by atoms with Crippen molar-refractivity contribution in [2.24, 2.45) is 0 Å². The summed E-state index contributed by atoms with van der Waals surface area (Å²) in [7, 11) is 0. The SMILES string of the molecule is Cl.Cl.Cl.Cl.Cl.Cl.O.O.[NaH].[Os]. The molecule has 0 radical (unpaired) electrons. The number of hydrogen-bond acceptors (Lipinski definition) is 0. The van der Waals surface area contributed by atoms with Crippen molar-refractivity contribution in [2.45, 2.75) is 0 Å². The van der Waals surface area contributed by atoms with Gasteiger partial charge in [0.1, 0.15) is 0 Å². The molecule has 0 rings (SSSR count). The van der Waals surface area contributed by atoms with Crippen molar-refractivity contribution in [3.8, 4) is 0 Å². The second-order valence-corrected chi connectivity index (χ2v) is 0. The Morgan fingerprint density at radius 1 is 0.400 bits per heavy atom. The fourth-order valence-corrected chi connectivity index (χ4v) is 0. The zero-order valence-corrected chi connectivity index (χ0v) is 11.2. The molecule has 0 aliphatic heterocycles. The van der Waals surface area contributed by atoms with E-state index in [4.69, 9.17) is 0 Å². The molecule has 0 saturated heterocycles. The van der Waals surface area contributed by atoms with Gasteiger partial charge in [-0.05, 0) is 0 Å². The summed E-state index contributed by atoms with van der Waals surface area (Å²) in [5, 5.41) is 0. The van der Waals surface area contributed by atoms with Gasteiger partial charge in [-0.25, -0.2) is 0 Å². The average molecular weight is 469 g/mol. The second-order valence-electron chi connectivity index (χ2n) is 0. The summed E-state index contributed by atoms with van der Waals surface area (Å²) >= 11 is 0. The second kappa shape index (κ2) is 144. The number of halogens is 6. The third-order valence-corrected chi connectivity index (χ3v) is 0. The van der Waals surface area contributed by atoms with Crippen LogP contribution in [0.2, 0.25) is 0 Å². The van der Waals surface area contributed by atoms with Gasteiger partial charge in [-0.1, -0.05) is 0 Å². The van der Waals surface area contributed by atoms with Crippen molar-refractivity contribution in [3.05, 3.63) is 0 Å². The molecule has 0 atom stereocenters. The van der Waals surface area contributed by atoms with Crippen LogP contribution in [0.1, 0.15) is 0 Å². The standard InChI is InChI=1S/6ClH.Na.2H2O.Os.H/h6*1H;;2*1H2;;. The minimum atomic E-state index is 0. The summed E-state index contributed by atoms with van der Waals surface area (Å²) in [4.78, 5) is 0. The monoisotopic (exact) mass is 468 g/mol. The van der Waals surface area contributed by atoms with Crippen LogP contribution in [-0.2, 0) is 19.8 Å². The van der Waals surface area contributed by atoms with Gasteiger partial charge in [-0.3, -0.25) is 0 Å². The van der Waals surface area contributed by atoms with E-state index in [0.717, 1.165) is 0 Å². The first-order valence-corrected chi connectivity index (χ1v) is 0. The predicted molar refractivity (Wildman–Crippen MR) is 57.9 cm³/mol. The molecule has 4 N–H and O–H groups in total. The third kappa shape index (κ3) is 110. The first-order chi connectivity index (χ1) is 0. The summed E-state index contributed by atoms with van der Waals surface area (Å²) < 4.78 is 0.